The van der Waals surface area contributed by atoms with Crippen molar-refractivity contribution in [2.45, 2.75) is 13.8 Å². The molecule has 0 unspecified atom stereocenters. The van der Waals surface area contributed by atoms with Gasteiger partial charge in [-0.1, -0.05) is 32.0 Å². The molecule has 28 heavy (non-hydrogen) atoms. The number of hydrogen-bond donors (Lipinski definition) is 0. The fourth-order valence-electron chi connectivity index (χ4n) is 3.48. The number of aryl methyl sites for hydroxylation is 1. The molecule has 1 amide bonds. The Balaban J connectivity index is 2.09. The number of benzene rings is 1. The Morgan fingerprint density at radius 1 is 1.18 bits per heavy atom. The summed E-state index contributed by atoms with van der Waals surface area (Å²) in [6, 6.07) is 7.74. The number of thiophene rings is 1. The maximum atomic E-state index is 13.1. The SMILES string of the molecule is CCN(CC)CCN(C)C(=O)c1sc2c(c1OC)c(=O)n(C)c1ccccc21. The van der Waals surface area contributed by atoms with E-state index in [1.165, 1.54) is 18.4 Å². The Morgan fingerprint density at radius 3 is 2.50 bits per heavy atom. The number of carbonyl (C=O) groups excluding carboxylic acids is 1. The van der Waals surface area contributed by atoms with Crippen molar-refractivity contribution in [3.05, 3.63) is 39.5 Å². The maximum absolute atomic E-state index is 13.1. The van der Waals surface area contributed by atoms with Crippen molar-refractivity contribution in [1.82, 2.24) is 14.4 Å². The van der Waals surface area contributed by atoms with Gasteiger partial charge in [-0.2, -0.15) is 0 Å². The van der Waals surface area contributed by atoms with Crippen molar-refractivity contribution in [3.8, 4) is 5.75 Å². The molecule has 0 saturated heterocycles. The molecule has 3 aromatic rings. The van der Waals surface area contributed by atoms with Gasteiger partial charge in [0.05, 0.1) is 17.3 Å². The summed E-state index contributed by atoms with van der Waals surface area (Å²) in [4.78, 5) is 30.6. The lowest BCUT2D eigenvalue weighted by Gasteiger charge is -2.23. The monoisotopic (exact) mass is 401 g/mol. The minimum atomic E-state index is -0.147. The van der Waals surface area contributed by atoms with Gasteiger partial charge < -0.3 is 19.1 Å². The number of para-hydroxylation sites is 1. The Kier molecular flexibility index (Phi) is 6.05. The minimum Gasteiger partial charge on any atom is -0.494 e. The van der Waals surface area contributed by atoms with E-state index in [2.05, 4.69) is 18.7 Å². The highest BCUT2D eigenvalue weighted by Crippen LogP contribution is 2.39. The first-order valence-corrected chi connectivity index (χ1v) is 10.3. The zero-order chi connectivity index (χ0) is 20.4. The third-order valence-electron chi connectivity index (χ3n) is 5.28. The van der Waals surface area contributed by atoms with Crippen molar-refractivity contribution in [1.29, 1.82) is 0 Å². The van der Waals surface area contributed by atoms with Crippen LogP contribution in [0.25, 0.3) is 21.0 Å². The zero-order valence-corrected chi connectivity index (χ0v) is 17.9. The molecule has 0 radical (unpaired) electrons. The zero-order valence-electron chi connectivity index (χ0n) is 17.1. The Hall–Kier alpha value is -2.38. The van der Waals surface area contributed by atoms with E-state index in [4.69, 9.17) is 4.74 Å². The summed E-state index contributed by atoms with van der Waals surface area (Å²) in [6.45, 7) is 7.56. The minimum absolute atomic E-state index is 0.114. The number of nitrogens with zero attached hydrogens (tertiary/aromatic N) is 3. The summed E-state index contributed by atoms with van der Waals surface area (Å²) in [5.41, 5.74) is 0.699. The number of hydrogen-bond acceptors (Lipinski definition) is 5. The molecule has 150 valence electrons. The van der Waals surface area contributed by atoms with Crippen LogP contribution < -0.4 is 10.3 Å². The van der Waals surface area contributed by atoms with Crippen LogP contribution in [0.4, 0.5) is 0 Å². The second-order valence-electron chi connectivity index (χ2n) is 6.80. The van der Waals surface area contributed by atoms with Gasteiger partial charge in [-0.15, -0.1) is 11.3 Å². The Morgan fingerprint density at radius 2 is 1.86 bits per heavy atom. The van der Waals surface area contributed by atoms with Crippen LogP contribution in [0.5, 0.6) is 5.75 Å². The second-order valence-corrected chi connectivity index (χ2v) is 7.82. The summed E-state index contributed by atoms with van der Waals surface area (Å²) < 4.78 is 7.98. The number of aromatic nitrogens is 1. The molecule has 2 heterocycles. The van der Waals surface area contributed by atoms with Gasteiger partial charge in [-0.05, 0) is 19.2 Å². The van der Waals surface area contributed by atoms with E-state index in [0.717, 1.165) is 35.2 Å². The largest absolute Gasteiger partial charge is 0.494 e. The first-order chi connectivity index (χ1) is 13.4. The topological polar surface area (TPSA) is 54.8 Å². The number of rotatable bonds is 7. The van der Waals surface area contributed by atoms with Gasteiger partial charge >= 0.3 is 0 Å². The Labute approximate surface area is 168 Å². The highest BCUT2D eigenvalue weighted by molar-refractivity contribution is 7.22. The molecule has 0 aliphatic heterocycles. The molecule has 7 heteroatoms. The van der Waals surface area contributed by atoms with Gasteiger partial charge in [-0.3, -0.25) is 9.59 Å². The van der Waals surface area contributed by atoms with Crippen LogP contribution in [0.1, 0.15) is 23.5 Å². The first-order valence-electron chi connectivity index (χ1n) is 9.50. The predicted octanol–water partition coefficient (Wildman–Crippen LogP) is 3.18. The van der Waals surface area contributed by atoms with E-state index in [-0.39, 0.29) is 11.5 Å². The fourth-order valence-corrected chi connectivity index (χ4v) is 4.77. The van der Waals surface area contributed by atoms with E-state index in [1.807, 2.05) is 24.3 Å². The fraction of sp³-hybridized carbons (Fsp3) is 0.429. The summed E-state index contributed by atoms with van der Waals surface area (Å²) in [6.07, 6.45) is 0. The number of fused-ring (bicyclic) bond motifs is 3. The molecule has 0 fully saturated rings. The van der Waals surface area contributed by atoms with Crippen LogP contribution in [0.3, 0.4) is 0 Å². The van der Waals surface area contributed by atoms with Crippen LogP contribution in [0, 0.1) is 0 Å². The van der Waals surface area contributed by atoms with Crippen LogP contribution in [0.15, 0.2) is 29.1 Å². The highest BCUT2D eigenvalue weighted by Gasteiger charge is 2.26. The Bertz CT molecular complexity index is 1070. The maximum Gasteiger partial charge on any atom is 0.267 e. The van der Waals surface area contributed by atoms with Crippen molar-refractivity contribution >= 4 is 38.2 Å². The summed E-state index contributed by atoms with van der Waals surface area (Å²) >= 11 is 1.34. The van der Waals surface area contributed by atoms with E-state index < -0.39 is 0 Å². The number of ether oxygens (including phenoxy) is 1. The first kappa shape index (κ1) is 20.4. The molecule has 0 aliphatic carbocycles. The third kappa shape index (κ3) is 3.40. The molecule has 0 atom stereocenters. The molecule has 3 rings (SSSR count). The smallest absolute Gasteiger partial charge is 0.267 e. The molecular formula is C21H27N3O3S. The van der Waals surface area contributed by atoms with Crippen LogP contribution in [0.2, 0.25) is 0 Å². The molecular weight excluding hydrogens is 374 g/mol. The van der Waals surface area contributed by atoms with E-state index in [9.17, 15) is 9.59 Å². The third-order valence-corrected chi connectivity index (χ3v) is 6.48. The average Bonchev–Trinajstić information content (AvgIpc) is 3.11. The van der Waals surface area contributed by atoms with Crippen LogP contribution in [-0.2, 0) is 7.05 Å². The predicted molar refractivity (Wildman–Crippen MR) is 116 cm³/mol. The van der Waals surface area contributed by atoms with Gasteiger partial charge in [0.1, 0.15) is 10.3 Å². The van der Waals surface area contributed by atoms with Crippen molar-refractivity contribution in [3.63, 3.8) is 0 Å². The normalized spacial score (nSPS) is 11.5. The average molecular weight is 402 g/mol. The molecule has 0 spiro atoms. The van der Waals surface area contributed by atoms with Crippen LogP contribution in [-0.4, -0.2) is 60.6 Å². The van der Waals surface area contributed by atoms with E-state index >= 15 is 0 Å². The molecule has 0 bridgehead atoms. The molecule has 0 N–H and O–H groups in total. The lowest BCUT2D eigenvalue weighted by molar-refractivity contribution is 0.0781. The lowest BCUT2D eigenvalue weighted by atomic mass is 10.1. The van der Waals surface area contributed by atoms with Gasteiger partial charge in [0.25, 0.3) is 11.5 Å². The van der Waals surface area contributed by atoms with Gasteiger partial charge in [0.2, 0.25) is 0 Å². The second kappa shape index (κ2) is 8.32. The lowest BCUT2D eigenvalue weighted by Crippen LogP contribution is -2.36. The molecule has 6 nitrogen and oxygen atoms in total. The highest BCUT2D eigenvalue weighted by atomic mass is 32.1. The van der Waals surface area contributed by atoms with Crippen LogP contribution >= 0.6 is 11.3 Å². The number of likely N-dealkylation sites (N-methyl/N-ethyl adjacent to an activating group) is 2. The van der Waals surface area contributed by atoms with E-state index in [1.54, 1.807) is 23.6 Å². The number of pyridine rings is 1. The van der Waals surface area contributed by atoms with Gasteiger partial charge in [0.15, 0.2) is 5.75 Å². The van der Waals surface area contributed by atoms with E-state index in [0.29, 0.717) is 22.6 Å². The summed E-state index contributed by atoms with van der Waals surface area (Å²) in [7, 11) is 5.06. The van der Waals surface area contributed by atoms with Crippen molar-refractivity contribution < 1.29 is 9.53 Å². The van der Waals surface area contributed by atoms with Gasteiger partial charge in [0, 0.05) is 32.6 Å². The molecule has 1 aromatic carbocycles. The standard InChI is InChI=1S/C21H27N3O3S/c1-6-24(7-2)13-12-22(3)21(26)19-17(27-5)16-18(28-19)14-10-8-9-11-15(14)23(4)20(16)25/h8-11H,6-7,12-13H2,1-5H3. The molecule has 0 saturated carbocycles. The van der Waals surface area contributed by atoms with Crippen molar-refractivity contribution in [2.24, 2.45) is 7.05 Å². The summed E-state index contributed by atoms with van der Waals surface area (Å²) in [5, 5.41) is 1.43. The van der Waals surface area contributed by atoms with Crippen molar-refractivity contribution in [2.75, 3.05) is 40.3 Å². The number of carbonyl (C=O) groups is 1. The van der Waals surface area contributed by atoms with Gasteiger partial charge in [-0.25, -0.2) is 0 Å². The quantitative estimate of drug-likeness (QED) is 0.610. The number of amides is 1. The number of methoxy groups -OCH3 is 1. The summed E-state index contributed by atoms with van der Waals surface area (Å²) in [5.74, 6) is 0.266. The molecule has 0 aliphatic rings. The molecule has 2 aromatic heterocycles.